The minimum atomic E-state index is -0.280. The van der Waals surface area contributed by atoms with Crippen LogP contribution in [-0.2, 0) is 0 Å². The molecule has 0 unspecified atom stereocenters. The lowest BCUT2D eigenvalue weighted by molar-refractivity contribution is 0.410. The Balaban J connectivity index is 2.05. The van der Waals surface area contributed by atoms with Crippen LogP contribution in [0.3, 0.4) is 0 Å². The monoisotopic (exact) mass is 286 g/mol. The highest BCUT2D eigenvalue weighted by Crippen LogP contribution is 2.18. The minimum Gasteiger partial charge on any atom is -0.334 e. The van der Waals surface area contributed by atoms with Crippen molar-refractivity contribution < 1.29 is 8.91 Å². The number of hydrogen-bond acceptors (Lipinski definition) is 3. The molecule has 4 heteroatoms. The number of hydrogen-bond donors (Lipinski definition) is 0. The van der Waals surface area contributed by atoms with E-state index in [1.165, 1.54) is 23.3 Å². The smallest absolute Gasteiger partial charge is 0.250 e. The van der Waals surface area contributed by atoms with E-state index >= 15 is 0 Å². The predicted molar refractivity (Wildman–Crippen MR) is 82.0 cm³/mol. The van der Waals surface area contributed by atoms with Gasteiger partial charge in [0.15, 0.2) is 0 Å². The first-order valence-corrected chi connectivity index (χ1v) is 6.95. The van der Waals surface area contributed by atoms with Crippen molar-refractivity contribution >= 4 is 6.08 Å². The summed E-state index contributed by atoms with van der Waals surface area (Å²) >= 11 is 0. The molecule has 1 aromatic carbocycles. The molecule has 0 radical (unpaired) electrons. The SMILES string of the molecule is CC(C)=CCCC(C)=Cc1nc(-c2ccc(F)cc2)no1. The van der Waals surface area contributed by atoms with Crippen LogP contribution in [0.5, 0.6) is 0 Å². The molecule has 2 rings (SSSR count). The molecule has 21 heavy (non-hydrogen) atoms. The van der Waals surface area contributed by atoms with Crippen molar-refractivity contribution in [3.05, 3.63) is 53.2 Å². The topological polar surface area (TPSA) is 38.9 Å². The highest BCUT2D eigenvalue weighted by Gasteiger charge is 2.07. The molecule has 0 atom stereocenters. The molecular formula is C17H19FN2O. The van der Waals surface area contributed by atoms with Gasteiger partial charge < -0.3 is 4.52 Å². The molecular weight excluding hydrogens is 267 g/mol. The second kappa shape index (κ2) is 6.97. The number of rotatable bonds is 5. The van der Waals surface area contributed by atoms with Gasteiger partial charge in [-0.1, -0.05) is 22.4 Å². The first-order valence-electron chi connectivity index (χ1n) is 6.95. The number of nitrogens with zero attached hydrogens (tertiary/aromatic N) is 2. The van der Waals surface area contributed by atoms with E-state index in [2.05, 4.69) is 30.1 Å². The highest BCUT2D eigenvalue weighted by molar-refractivity contribution is 5.55. The summed E-state index contributed by atoms with van der Waals surface area (Å²) in [5, 5.41) is 3.91. The van der Waals surface area contributed by atoms with Crippen LogP contribution in [-0.4, -0.2) is 10.1 Å². The van der Waals surface area contributed by atoms with Gasteiger partial charge in [0, 0.05) is 11.6 Å². The van der Waals surface area contributed by atoms with Gasteiger partial charge >= 0.3 is 0 Å². The van der Waals surface area contributed by atoms with Crippen molar-refractivity contribution in [2.45, 2.75) is 33.6 Å². The fraction of sp³-hybridized carbons (Fsp3) is 0.294. The van der Waals surface area contributed by atoms with Crippen molar-refractivity contribution in [2.24, 2.45) is 0 Å². The van der Waals surface area contributed by atoms with Crippen molar-refractivity contribution in [1.29, 1.82) is 0 Å². The number of aromatic nitrogens is 2. The maximum absolute atomic E-state index is 12.9. The maximum atomic E-state index is 12.9. The second-order valence-corrected chi connectivity index (χ2v) is 5.27. The number of benzene rings is 1. The van der Waals surface area contributed by atoms with Crippen molar-refractivity contribution in [3.8, 4) is 11.4 Å². The van der Waals surface area contributed by atoms with E-state index in [1.54, 1.807) is 12.1 Å². The van der Waals surface area contributed by atoms with E-state index < -0.39 is 0 Å². The van der Waals surface area contributed by atoms with E-state index in [1.807, 2.05) is 13.0 Å². The van der Waals surface area contributed by atoms with Crippen LogP contribution in [0, 0.1) is 5.82 Å². The molecule has 0 amide bonds. The summed E-state index contributed by atoms with van der Waals surface area (Å²) in [6.07, 6.45) is 6.05. The molecule has 3 nitrogen and oxygen atoms in total. The van der Waals surface area contributed by atoms with Crippen molar-refractivity contribution in [2.75, 3.05) is 0 Å². The van der Waals surface area contributed by atoms with Crippen molar-refractivity contribution in [1.82, 2.24) is 10.1 Å². The average Bonchev–Trinajstić information content (AvgIpc) is 2.87. The quantitative estimate of drug-likeness (QED) is 0.724. The van der Waals surface area contributed by atoms with Crippen LogP contribution in [0.4, 0.5) is 4.39 Å². The van der Waals surface area contributed by atoms with Crippen LogP contribution in [0.15, 0.2) is 46.0 Å². The van der Waals surface area contributed by atoms with Gasteiger partial charge in [0.25, 0.3) is 5.89 Å². The van der Waals surface area contributed by atoms with Gasteiger partial charge in [-0.2, -0.15) is 4.98 Å². The summed E-state index contributed by atoms with van der Waals surface area (Å²) < 4.78 is 18.1. The van der Waals surface area contributed by atoms with Gasteiger partial charge in [0.1, 0.15) is 5.82 Å². The normalized spacial score (nSPS) is 11.5. The Morgan fingerprint density at radius 1 is 1.19 bits per heavy atom. The molecule has 0 spiro atoms. The van der Waals surface area contributed by atoms with E-state index in [-0.39, 0.29) is 5.82 Å². The van der Waals surface area contributed by atoms with Gasteiger partial charge in [-0.3, -0.25) is 0 Å². The van der Waals surface area contributed by atoms with Crippen LogP contribution < -0.4 is 0 Å². The first-order chi connectivity index (χ1) is 10.0. The molecule has 110 valence electrons. The summed E-state index contributed by atoms with van der Waals surface area (Å²) in [6.45, 7) is 6.22. The molecule has 1 heterocycles. The zero-order chi connectivity index (χ0) is 15.2. The summed E-state index contributed by atoms with van der Waals surface area (Å²) in [6, 6.07) is 6.03. The Kier molecular flexibility index (Phi) is 5.04. The maximum Gasteiger partial charge on any atom is 0.250 e. The minimum absolute atomic E-state index is 0.280. The lowest BCUT2D eigenvalue weighted by Crippen LogP contribution is -1.82. The third-order valence-corrected chi connectivity index (χ3v) is 3.01. The molecule has 0 aliphatic heterocycles. The highest BCUT2D eigenvalue weighted by atomic mass is 19.1. The van der Waals surface area contributed by atoms with Gasteiger partial charge in [-0.05, 0) is 57.9 Å². The molecule has 0 N–H and O–H groups in total. The van der Waals surface area contributed by atoms with Gasteiger partial charge in [-0.25, -0.2) is 4.39 Å². The summed E-state index contributed by atoms with van der Waals surface area (Å²) in [4.78, 5) is 4.30. The van der Waals surface area contributed by atoms with E-state index in [9.17, 15) is 4.39 Å². The molecule has 0 bridgehead atoms. The zero-order valence-electron chi connectivity index (χ0n) is 12.6. The van der Waals surface area contributed by atoms with Gasteiger partial charge in [0.05, 0.1) is 0 Å². The van der Waals surface area contributed by atoms with E-state index in [0.717, 1.165) is 18.4 Å². The van der Waals surface area contributed by atoms with Gasteiger partial charge in [0.2, 0.25) is 5.82 Å². The van der Waals surface area contributed by atoms with E-state index in [4.69, 9.17) is 4.52 Å². The molecule has 0 saturated heterocycles. The fourth-order valence-electron chi connectivity index (χ4n) is 1.88. The third-order valence-electron chi connectivity index (χ3n) is 3.01. The molecule has 0 aliphatic rings. The van der Waals surface area contributed by atoms with Crippen LogP contribution in [0.1, 0.15) is 39.5 Å². The number of halogens is 1. The molecule has 1 aromatic heterocycles. The first kappa shape index (κ1) is 15.2. The summed E-state index contributed by atoms with van der Waals surface area (Å²) in [5.41, 5.74) is 3.24. The molecule has 0 aliphatic carbocycles. The standard InChI is InChI=1S/C17H19FN2O/c1-12(2)5-4-6-13(3)11-16-19-17(20-21-16)14-7-9-15(18)10-8-14/h5,7-11H,4,6H2,1-3H3. The zero-order valence-corrected chi connectivity index (χ0v) is 12.6. The molecule has 0 saturated carbocycles. The number of allylic oxidation sites excluding steroid dienone is 3. The van der Waals surface area contributed by atoms with Gasteiger partial charge in [-0.15, -0.1) is 0 Å². The Bertz CT molecular complexity index is 650. The Hall–Kier alpha value is -2.23. The van der Waals surface area contributed by atoms with E-state index in [0.29, 0.717) is 11.7 Å². The predicted octanol–water partition coefficient (Wildman–Crippen LogP) is 5.03. The largest absolute Gasteiger partial charge is 0.334 e. The van der Waals surface area contributed by atoms with Crippen LogP contribution >= 0.6 is 0 Å². The lowest BCUT2D eigenvalue weighted by Gasteiger charge is -1.96. The molecule has 2 aromatic rings. The third kappa shape index (κ3) is 4.67. The Labute approximate surface area is 124 Å². The summed E-state index contributed by atoms with van der Waals surface area (Å²) in [5.74, 6) is 0.667. The summed E-state index contributed by atoms with van der Waals surface area (Å²) in [7, 11) is 0. The Morgan fingerprint density at radius 3 is 2.57 bits per heavy atom. The van der Waals surface area contributed by atoms with Crippen LogP contribution in [0.2, 0.25) is 0 Å². The van der Waals surface area contributed by atoms with Crippen molar-refractivity contribution in [3.63, 3.8) is 0 Å². The second-order valence-electron chi connectivity index (χ2n) is 5.27. The van der Waals surface area contributed by atoms with Crippen LogP contribution in [0.25, 0.3) is 17.5 Å². The molecule has 0 fully saturated rings. The lowest BCUT2D eigenvalue weighted by atomic mass is 10.1. The average molecular weight is 286 g/mol. The fourth-order valence-corrected chi connectivity index (χ4v) is 1.88. The Morgan fingerprint density at radius 2 is 1.90 bits per heavy atom.